The number of amides is 2. The first-order chi connectivity index (χ1) is 10.6. The molecular weight excluding hydrogens is 291 g/mol. The van der Waals surface area contributed by atoms with Crippen molar-refractivity contribution in [1.82, 2.24) is 10.3 Å². The van der Waals surface area contributed by atoms with Crippen LogP contribution in [-0.4, -0.2) is 42.1 Å². The van der Waals surface area contributed by atoms with E-state index in [-0.39, 0.29) is 18.5 Å². The minimum absolute atomic E-state index is 0.0741. The van der Waals surface area contributed by atoms with Crippen molar-refractivity contribution in [3.63, 3.8) is 0 Å². The zero-order chi connectivity index (χ0) is 15.9. The summed E-state index contributed by atoms with van der Waals surface area (Å²) >= 11 is 0. The SMILES string of the molecule is NCC(=O)N[C@@H](CC1CCCO1)C(=O)Nc1ccc(F)cn1. The molecule has 4 N–H and O–H groups in total. The fraction of sp³-hybridized carbons (Fsp3) is 0.500. The maximum absolute atomic E-state index is 12.8. The van der Waals surface area contributed by atoms with E-state index in [1.807, 2.05) is 0 Å². The number of rotatable bonds is 6. The number of anilines is 1. The van der Waals surface area contributed by atoms with Crippen molar-refractivity contribution in [3.8, 4) is 0 Å². The molecule has 0 saturated carbocycles. The molecule has 22 heavy (non-hydrogen) atoms. The van der Waals surface area contributed by atoms with Crippen LogP contribution in [0.2, 0.25) is 0 Å². The summed E-state index contributed by atoms with van der Waals surface area (Å²) in [6, 6.07) is 1.77. The van der Waals surface area contributed by atoms with E-state index in [2.05, 4.69) is 15.6 Å². The quantitative estimate of drug-likeness (QED) is 0.694. The molecule has 1 aliphatic heterocycles. The van der Waals surface area contributed by atoms with Crippen LogP contribution in [0.1, 0.15) is 19.3 Å². The van der Waals surface area contributed by atoms with Gasteiger partial charge in [-0.15, -0.1) is 0 Å². The van der Waals surface area contributed by atoms with Gasteiger partial charge in [0.1, 0.15) is 17.7 Å². The topological polar surface area (TPSA) is 106 Å². The Labute approximate surface area is 127 Å². The second-order valence-corrected chi connectivity index (χ2v) is 5.05. The smallest absolute Gasteiger partial charge is 0.248 e. The van der Waals surface area contributed by atoms with Gasteiger partial charge in [-0.05, 0) is 25.0 Å². The number of carbonyl (C=O) groups is 2. The van der Waals surface area contributed by atoms with Gasteiger partial charge in [-0.3, -0.25) is 9.59 Å². The average molecular weight is 310 g/mol. The molecule has 2 atom stereocenters. The highest BCUT2D eigenvalue weighted by Gasteiger charge is 2.27. The third-order valence-corrected chi connectivity index (χ3v) is 3.34. The van der Waals surface area contributed by atoms with Crippen LogP contribution in [0.3, 0.4) is 0 Å². The molecule has 2 rings (SSSR count). The number of carbonyl (C=O) groups excluding carboxylic acids is 2. The van der Waals surface area contributed by atoms with Crippen molar-refractivity contribution < 1.29 is 18.7 Å². The number of ether oxygens (including phenoxy) is 1. The fourth-order valence-electron chi connectivity index (χ4n) is 2.24. The molecule has 1 aromatic rings. The average Bonchev–Trinajstić information content (AvgIpc) is 3.01. The van der Waals surface area contributed by atoms with Crippen LogP contribution >= 0.6 is 0 Å². The molecule has 0 spiro atoms. The first-order valence-electron chi connectivity index (χ1n) is 7.12. The molecule has 1 saturated heterocycles. The van der Waals surface area contributed by atoms with Crippen LogP contribution in [-0.2, 0) is 14.3 Å². The summed E-state index contributed by atoms with van der Waals surface area (Å²) in [5.41, 5.74) is 5.27. The monoisotopic (exact) mass is 310 g/mol. The Morgan fingerprint density at radius 2 is 2.32 bits per heavy atom. The summed E-state index contributed by atoms with van der Waals surface area (Å²) in [6.45, 7) is 0.452. The number of nitrogens with two attached hydrogens (primary N) is 1. The maximum Gasteiger partial charge on any atom is 0.248 e. The van der Waals surface area contributed by atoms with E-state index in [1.165, 1.54) is 12.1 Å². The van der Waals surface area contributed by atoms with E-state index in [9.17, 15) is 14.0 Å². The molecule has 1 unspecified atom stereocenters. The molecule has 2 amide bonds. The van der Waals surface area contributed by atoms with Gasteiger partial charge in [0.15, 0.2) is 0 Å². The third kappa shape index (κ3) is 4.74. The Morgan fingerprint density at radius 3 is 2.91 bits per heavy atom. The predicted octanol–water partition coefficient (Wildman–Crippen LogP) is 0.172. The van der Waals surface area contributed by atoms with Crippen LogP contribution < -0.4 is 16.4 Å². The predicted molar refractivity (Wildman–Crippen MR) is 77.4 cm³/mol. The largest absolute Gasteiger partial charge is 0.378 e. The standard InChI is InChI=1S/C14H19FN4O3/c15-9-3-4-12(17-8-9)19-14(21)11(18-13(20)7-16)6-10-2-1-5-22-10/h3-4,8,10-11H,1-2,5-7,16H2,(H,18,20)(H,17,19,21)/t10?,11-/m0/s1. The highest BCUT2D eigenvalue weighted by atomic mass is 19.1. The number of hydrogen-bond acceptors (Lipinski definition) is 5. The van der Waals surface area contributed by atoms with Crippen molar-refractivity contribution in [1.29, 1.82) is 0 Å². The van der Waals surface area contributed by atoms with Gasteiger partial charge in [-0.2, -0.15) is 0 Å². The number of pyridine rings is 1. The third-order valence-electron chi connectivity index (χ3n) is 3.34. The molecule has 0 radical (unpaired) electrons. The van der Waals surface area contributed by atoms with Crippen LogP contribution in [0.5, 0.6) is 0 Å². The molecule has 1 aliphatic rings. The summed E-state index contributed by atoms with van der Waals surface area (Å²) < 4.78 is 18.3. The lowest BCUT2D eigenvalue weighted by Gasteiger charge is -2.20. The molecular formula is C14H19FN4O3. The summed E-state index contributed by atoms with van der Waals surface area (Å²) in [7, 11) is 0. The minimum atomic E-state index is -0.772. The van der Waals surface area contributed by atoms with E-state index >= 15 is 0 Å². The molecule has 0 aliphatic carbocycles. The summed E-state index contributed by atoms with van der Waals surface area (Å²) in [5.74, 6) is -1.14. The Morgan fingerprint density at radius 1 is 1.50 bits per heavy atom. The Balaban J connectivity index is 2.00. The van der Waals surface area contributed by atoms with Gasteiger partial charge in [0.25, 0.3) is 0 Å². The summed E-state index contributed by atoms with van der Waals surface area (Å²) in [4.78, 5) is 27.5. The highest BCUT2D eigenvalue weighted by molar-refractivity contribution is 5.96. The van der Waals surface area contributed by atoms with Crippen molar-refractivity contribution in [2.24, 2.45) is 5.73 Å². The van der Waals surface area contributed by atoms with Crippen molar-refractivity contribution in [2.45, 2.75) is 31.4 Å². The number of nitrogens with one attached hydrogen (secondary N) is 2. The fourth-order valence-corrected chi connectivity index (χ4v) is 2.24. The number of nitrogens with zero attached hydrogens (tertiary/aromatic N) is 1. The normalized spacial score (nSPS) is 18.7. The molecule has 1 aromatic heterocycles. The van der Waals surface area contributed by atoms with E-state index in [1.54, 1.807) is 0 Å². The molecule has 0 bridgehead atoms. The lowest BCUT2D eigenvalue weighted by atomic mass is 10.1. The first kappa shape index (κ1) is 16.3. The van der Waals surface area contributed by atoms with E-state index < -0.39 is 23.7 Å². The zero-order valence-electron chi connectivity index (χ0n) is 12.0. The number of halogens is 1. The van der Waals surface area contributed by atoms with Gasteiger partial charge in [0, 0.05) is 13.0 Å². The van der Waals surface area contributed by atoms with E-state index in [0.717, 1.165) is 19.0 Å². The van der Waals surface area contributed by atoms with Crippen LogP contribution in [0.25, 0.3) is 0 Å². The van der Waals surface area contributed by atoms with Gasteiger partial charge < -0.3 is 21.1 Å². The van der Waals surface area contributed by atoms with Gasteiger partial charge in [0.2, 0.25) is 11.8 Å². The molecule has 7 nitrogen and oxygen atoms in total. The number of hydrogen-bond donors (Lipinski definition) is 3. The van der Waals surface area contributed by atoms with Gasteiger partial charge >= 0.3 is 0 Å². The number of aromatic nitrogens is 1. The molecule has 8 heteroatoms. The van der Waals surface area contributed by atoms with E-state index in [0.29, 0.717) is 13.0 Å². The second-order valence-electron chi connectivity index (χ2n) is 5.05. The van der Waals surface area contributed by atoms with Crippen molar-refractivity contribution in [3.05, 3.63) is 24.1 Å². The molecule has 2 heterocycles. The Kier molecular flexibility index (Phi) is 5.79. The van der Waals surface area contributed by atoms with Crippen LogP contribution in [0.15, 0.2) is 18.3 Å². The lowest BCUT2D eigenvalue weighted by Crippen LogP contribution is -2.47. The zero-order valence-corrected chi connectivity index (χ0v) is 12.0. The van der Waals surface area contributed by atoms with Crippen molar-refractivity contribution >= 4 is 17.6 Å². The van der Waals surface area contributed by atoms with Gasteiger partial charge in [-0.25, -0.2) is 9.37 Å². The molecule has 0 aromatic carbocycles. The second kappa shape index (κ2) is 7.81. The summed E-state index contributed by atoms with van der Waals surface area (Å²) in [6.07, 6.45) is 3.07. The van der Waals surface area contributed by atoms with Crippen molar-refractivity contribution in [2.75, 3.05) is 18.5 Å². The Bertz CT molecular complexity index is 517. The van der Waals surface area contributed by atoms with Crippen LogP contribution in [0, 0.1) is 5.82 Å². The van der Waals surface area contributed by atoms with Gasteiger partial charge in [0.05, 0.1) is 18.8 Å². The minimum Gasteiger partial charge on any atom is -0.378 e. The first-order valence-corrected chi connectivity index (χ1v) is 7.12. The lowest BCUT2D eigenvalue weighted by molar-refractivity contribution is -0.126. The molecule has 1 fully saturated rings. The van der Waals surface area contributed by atoms with E-state index in [4.69, 9.17) is 10.5 Å². The summed E-state index contributed by atoms with van der Waals surface area (Å²) in [5, 5.41) is 5.11. The van der Waals surface area contributed by atoms with Gasteiger partial charge in [-0.1, -0.05) is 0 Å². The highest BCUT2D eigenvalue weighted by Crippen LogP contribution is 2.17. The Hall–Kier alpha value is -2.06. The molecule has 120 valence electrons. The van der Waals surface area contributed by atoms with Crippen LogP contribution in [0.4, 0.5) is 10.2 Å². The maximum atomic E-state index is 12.8.